The normalized spacial score (nSPS) is 19.6. The zero-order valence-electron chi connectivity index (χ0n) is 12.1. The summed E-state index contributed by atoms with van der Waals surface area (Å²) in [6, 6.07) is 2.30. The largest absolute Gasteiger partial charge is 0.351 e. The Balaban J connectivity index is 1.76. The van der Waals surface area contributed by atoms with Crippen molar-refractivity contribution in [2.75, 3.05) is 18.4 Å². The summed E-state index contributed by atoms with van der Waals surface area (Å²) >= 11 is 0. The fraction of sp³-hybridized carbons (Fsp3) is 0.667. The van der Waals surface area contributed by atoms with Gasteiger partial charge in [0.25, 0.3) is 5.91 Å². The molecule has 1 aliphatic carbocycles. The van der Waals surface area contributed by atoms with E-state index in [0.717, 1.165) is 31.6 Å². The van der Waals surface area contributed by atoms with E-state index in [4.69, 9.17) is 0 Å². The number of hydrogen-bond donors (Lipinski definition) is 1. The zero-order chi connectivity index (χ0) is 13.9. The van der Waals surface area contributed by atoms with Crippen LogP contribution in [0.15, 0.2) is 6.07 Å². The van der Waals surface area contributed by atoms with Gasteiger partial charge in [0.1, 0.15) is 5.69 Å². The van der Waals surface area contributed by atoms with E-state index in [1.165, 1.54) is 25.7 Å². The molecule has 1 saturated heterocycles. The van der Waals surface area contributed by atoms with E-state index in [9.17, 15) is 4.79 Å². The molecule has 1 aliphatic heterocycles. The van der Waals surface area contributed by atoms with Crippen molar-refractivity contribution in [2.24, 2.45) is 0 Å². The summed E-state index contributed by atoms with van der Waals surface area (Å²) in [6.45, 7) is 3.62. The highest BCUT2D eigenvalue weighted by atomic mass is 16.2. The van der Waals surface area contributed by atoms with Crippen LogP contribution in [0.3, 0.4) is 0 Å². The first-order valence-electron chi connectivity index (χ1n) is 7.64. The molecule has 3 rings (SSSR count). The molecule has 0 unspecified atom stereocenters. The van der Waals surface area contributed by atoms with Gasteiger partial charge in [0, 0.05) is 24.8 Å². The van der Waals surface area contributed by atoms with Gasteiger partial charge in [-0.05, 0) is 38.7 Å². The topological polar surface area (TPSA) is 58.1 Å². The van der Waals surface area contributed by atoms with Crippen molar-refractivity contribution >= 4 is 11.9 Å². The number of aryl methyl sites for hydroxylation is 1. The van der Waals surface area contributed by atoms with Crippen molar-refractivity contribution in [3.63, 3.8) is 0 Å². The Morgan fingerprint density at radius 1 is 1.20 bits per heavy atom. The number of amides is 1. The van der Waals surface area contributed by atoms with E-state index in [-0.39, 0.29) is 5.91 Å². The number of nitrogens with one attached hydrogen (secondary N) is 1. The Kier molecular flexibility index (Phi) is 3.85. The maximum Gasteiger partial charge on any atom is 0.272 e. The lowest BCUT2D eigenvalue weighted by Crippen LogP contribution is -2.32. The molecule has 1 saturated carbocycles. The van der Waals surface area contributed by atoms with Crippen molar-refractivity contribution < 1.29 is 4.79 Å². The van der Waals surface area contributed by atoms with Gasteiger partial charge in [0.15, 0.2) is 0 Å². The highest BCUT2D eigenvalue weighted by molar-refractivity contribution is 5.92. The second kappa shape index (κ2) is 5.77. The van der Waals surface area contributed by atoms with Crippen molar-refractivity contribution in [3.8, 4) is 0 Å². The molecule has 0 bridgehead atoms. The molecule has 108 valence electrons. The van der Waals surface area contributed by atoms with Crippen molar-refractivity contribution in [3.05, 3.63) is 17.5 Å². The average molecular weight is 274 g/mol. The van der Waals surface area contributed by atoms with Gasteiger partial charge in [0.05, 0.1) is 0 Å². The minimum absolute atomic E-state index is 0.0521. The Morgan fingerprint density at radius 3 is 2.55 bits per heavy atom. The summed E-state index contributed by atoms with van der Waals surface area (Å²) in [7, 11) is 0. The molecule has 20 heavy (non-hydrogen) atoms. The number of carbonyl (C=O) groups excluding carboxylic acids is 1. The fourth-order valence-corrected chi connectivity index (χ4v) is 2.59. The van der Waals surface area contributed by atoms with Gasteiger partial charge >= 0.3 is 0 Å². The lowest BCUT2D eigenvalue weighted by molar-refractivity contribution is 0.0755. The molecule has 5 nitrogen and oxygen atoms in total. The average Bonchev–Trinajstić information content (AvgIpc) is 3.23. The Labute approximate surface area is 119 Å². The van der Waals surface area contributed by atoms with Crippen LogP contribution < -0.4 is 5.32 Å². The van der Waals surface area contributed by atoms with E-state index in [1.54, 1.807) is 6.07 Å². The van der Waals surface area contributed by atoms with E-state index < -0.39 is 0 Å². The standard InChI is InChI=1S/C15H22N4O/c1-11-10-13(18-15(16-11)17-12-6-7-12)14(20)19-8-4-2-3-5-9-19/h10,12H,2-9H2,1H3,(H,16,17,18). The molecule has 0 spiro atoms. The molecular weight excluding hydrogens is 252 g/mol. The third kappa shape index (κ3) is 3.26. The summed E-state index contributed by atoms with van der Waals surface area (Å²) in [5, 5.41) is 3.27. The predicted octanol–water partition coefficient (Wildman–Crippen LogP) is 2.38. The highest BCUT2D eigenvalue weighted by Gasteiger charge is 2.24. The summed E-state index contributed by atoms with van der Waals surface area (Å²) in [5.74, 6) is 0.655. The first-order chi connectivity index (χ1) is 9.72. The minimum atomic E-state index is 0.0521. The maximum absolute atomic E-state index is 12.6. The second-order valence-electron chi connectivity index (χ2n) is 5.84. The first-order valence-corrected chi connectivity index (χ1v) is 7.64. The Morgan fingerprint density at radius 2 is 1.90 bits per heavy atom. The van der Waals surface area contributed by atoms with E-state index in [0.29, 0.717) is 17.7 Å². The van der Waals surface area contributed by atoms with Crippen LogP contribution in [-0.4, -0.2) is 39.9 Å². The smallest absolute Gasteiger partial charge is 0.272 e. The van der Waals surface area contributed by atoms with Gasteiger partial charge in [0.2, 0.25) is 5.95 Å². The zero-order valence-corrected chi connectivity index (χ0v) is 12.1. The molecule has 0 radical (unpaired) electrons. The van der Waals surface area contributed by atoms with Crippen LogP contribution >= 0.6 is 0 Å². The van der Waals surface area contributed by atoms with Crippen LogP contribution in [0.5, 0.6) is 0 Å². The van der Waals surface area contributed by atoms with Crippen LogP contribution in [0.2, 0.25) is 0 Å². The van der Waals surface area contributed by atoms with Gasteiger partial charge in [-0.2, -0.15) is 0 Å². The van der Waals surface area contributed by atoms with E-state index in [1.807, 2.05) is 11.8 Å². The summed E-state index contributed by atoms with van der Waals surface area (Å²) < 4.78 is 0. The first kappa shape index (κ1) is 13.3. The number of hydrogen-bond acceptors (Lipinski definition) is 4. The van der Waals surface area contributed by atoms with E-state index in [2.05, 4.69) is 15.3 Å². The Bertz CT molecular complexity index is 491. The summed E-state index contributed by atoms with van der Waals surface area (Å²) in [4.78, 5) is 23.3. The third-order valence-corrected chi connectivity index (χ3v) is 3.88. The van der Waals surface area contributed by atoms with Crippen molar-refractivity contribution in [1.82, 2.24) is 14.9 Å². The van der Waals surface area contributed by atoms with Gasteiger partial charge in [-0.1, -0.05) is 12.8 Å². The SMILES string of the molecule is Cc1cc(C(=O)N2CCCCCC2)nc(NC2CC2)n1. The molecule has 2 aliphatic rings. The van der Waals surface area contributed by atoms with Crippen LogP contribution in [0.1, 0.15) is 54.7 Å². The third-order valence-electron chi connectivity index (χ3n) is 3.88. The van der Waals surface area contributed by atoms with Crippen molar-refractivity contribution in [2.45, 2.75) is 51.5 Å². The lowest BCUT2D eigenvalue weighted by atomic mass is 10.2. The quantitative estimate of drug-likeness (QED) is 0.919. The molecule has 0 aromatic carbocycles. The molecule has 2 fully saturated rings. The van der Waals surface area contributed by atoms with Crippen LogP contribution in [0.4, 0.5) is 5.95 Å². The number of aromatic nitrogens is 2. The van der Waals surface area contributed by atoms with Crippen LogP contribution in [0.25, 0.3) is 0 Å². The maximum atomic E-state index is 12.6. The number of carbonyl (C=O) groups is 1. The summed E-state index contributed by atoms with van der Waals surface area (Å²) in [6.07, 6.45) is 6.99. The van der Waals surface area contributed by atoms with Gasteiger partial charge < -0.3 is 10.2 Å². The van der Waals surface area contributed by atoms with Crippen molar-refractivity contribution in [1.29, 1.82) is 0 Å². The molecule has 1 aromatic rings. The molecule has 1 amide bonds. The molecule has 1 N–H and O–H groups in total. The summed E-state index contributed by atoms with van der Waals surface area (Å²) in [5.41, 5.74) is 1.38. The van der Waals surface area contributed by atoms with Gasteiger partial charge in [-0.15, -0.1) is 0 Å². The number of rotatable bonds is 3. The number of anilines is 1. The highest BCUT2D eigenvalue weighted by Crippen LogP contribution is 2.23. The molecule has 1 aromatic heterocycles. The monoisotopic (exact) mass is 274 g/mol. The second-order valence-corrected chi connectivity index (χ2v) is 5.84. The van der Waals surface area contributed by atoms with Gasteiger partial charge in [-0.3, -0.25) is 4.79 Å². The minimum Gasteiger partial charge on any atom is -0.351 e. The van der Waals surface area contributed by atoms with Crippen LogP contribution in [0, 0.1) is 6.92 Å². The van der Waals surface area contributed by atoms with E-state index >= 15 is 0 Å². The number of likely N-dealkylation sites (tertiary alicyclic amines) is 1. The van der Waals surface area contributed by atoms with Crippen LogP contribution in [-0.2, 0) is 0 Å². The Hall–Kier alpha value is -1.65. The predicted molar refractivity (Wildman–Crippen MR) is 77.8 cm³/mol. The fourth-order valence-electron chi connectivity index (χ4n) is 2.59. The lowest BCUT2D eigenvalue weighted by Gasteiger charge is -2.20. The van der Waals surface area contributed by atoms with Gasteiger partial charge in [-0.25, -0.2) is 9.97 Å². The number of nitrogens with zero attached hydrogens (tertiary/aromatic N) is 3. The molecular formula is C15H22N4O. The molecule has 2 heterocycles. The molecule has 0 atom stereocenters. The molecule has 5 heteroatoms.